The van der Waals surface area contributed by atoms with E-state index in [9.17, 15) is 13.5 Å². The molecule has 0 aromatic heterocycles. The molecule has 116 valence electrons. The molecule has 0 amide bonds. The highest BCUT2D eigenvalue weighted by Crippen LogP contribution is 2.53. The van der Waals surface area contributed by atoms with Crippen molar-refractivity contribution < 1.29 is 18.3 Å². The monoisotopic (exact) mass is 318 g/mol. The number of ether oxygens (including phenoxy) is 1. The second-order valence-corrected chi connectivity index (χ2v) is 7.57. The third kappa shape index (κ3) is 2.51. The summed E-state index contributed by atoms with van der Waals surface area (Å²) in [7, 11) is -1.84. The summed E-state index contributed by atoms with van der Waals surface area (Å²) in [6.07, 6.45) is 0. The largest absolute Gasteiger partial charge is 0.497 e. The van der Waals surface area contributed by atoms with E-state index >= 15 is 0 Å². The van der Waals surface area contributed by atoms with Gasteiger partial charge in [0.2, 0.25) is 0 Å². The van der Waals surface area contributed by atoms with Gasteiger partial charge in [-0.2, -0.15) is 0 Å². The highest BCUT2D eigenvalue weighted by atomic mass is 32.2. The lowest BCUT2D eigenvalue weighted by atomic mass is 10.1. The average molecular weight is 318 g/mol. The van der Waals surface area contributed by atoms with Crippen molar-refractivity contribution in [3.63, 3.8) is 0 Å². The minimum absolute atomic E-state index is 0.132. The van der Waals surface area contributed by atoms with Crippen LogP contribution in [0.25, 0.3) is 0 Å². The zero-order chi connectivity index (χ0) is 15.7. The van der Waals surface area contributed by atoms with Gasteiger partial charge in [0, 0.05) is 18.4 Å². The van der Waals surface area contributed by atoms with E-state index in [1.807, 2.05) is 24.3 Å². The maximum Gasteiger partial charge on any atom is 0.182 e. The molecule has 0 heterocycles. The predicted octanol–water partition coefficient (Wildman–Crippen LogP) is 2.24. The Balaban J connectivity index is 1.91. The lowest BCUT2D eigenvalue weighted by molar-refractivity contribution is 0.274. The van der Waals surface area contributed by atoms with Crippen molar-refractivity contribution in [1.29, 1.82) is 0 Å². The van der Waals surface area contributed by atoms with Crippen LogP contribution in [0.2, 0.25) is 0 Å². The Labute approximate surface area is 130 Å². The van der Waals surface area contributed by atoms with Gasteiger partial charge in [-0.15, -0.1) is 0 Å². The van der Waals surface area contributed by atoms with Crippen molar-refractivity contribution in [3.05, 3.63) is 60.2 Å². The van der Waals surface area contributed by atoms with Crippen molar-refractivity contribution >= 4 is 9.84 Å². The molecule has 0 bridgehead atoms. The molecule has 1 fully saturated rings. The molecule has 0 unspecified atom stereocenters. The second kappa shape index (κ2) is 5.74. The number of hydrogen-bond acceptors (Lipinski definition) is 4. The molecule has 1 saturated carbocycles. The molecular formula is C17H18O4S. The smallest absolute Gasteiger partial charge is 0.182 e. The SMILES string of the molecule is COc1ccc([C@@H]2[C@@H](CO)[C@H]2S(=O)(=O)c2ccccc2)cc1. The van der Waals surface area contributed by atoms with Gasteiger partial charge in [-0.05, 0) is 29.8 Å². The lowest BCUT2D eigenvalue weighted by Crippen LogP contribution is -2.11. The Kier molecular flexibility index (Phi) is 3.93. The summed E-state index contributed by atoms with van der Waals surface area (Å²) in [6, 6.07) is 15.8. The summed E-state index contributed by atoms with van der Waals surface area (Å²) in [5.74, 6) is 0.312. The first-order chi connectivity index (χ1) is 10.6. The molecule has 1 aliphatic carbocycles. The molecule has 3 atom stereocenters. The van der Waals surface area contributed by atoms with Crippen LogP contribution in [0.15, 0.2) is 59.5 Å². The number of aliphatic hydroxyl groups excluding tert-OH is 1. The van der Waals surface area contributed by atoms with Crippen molar-refractivity contribution in [1.82, 2.24) is 0 Å². The summed E-state index contributed by atoms with van der Waals surface area (Å²) in [6.45, 7) is -0.132. The molecule has 5 heteroatoms. The summed E-state index contributed by atoms with van der Waals surface area (Å²) in [5.41, 5.74) is 0.921. The van der Waals surface area contributed by atoms with Crippen molar-refractivity contribution in [3.8, 4) is 5.75 Å². The van der Waals surface area contributed by atoms with Crippen molar-refractivity contribution in [2.45, 2.75) is 16.1 Å². The predicted molar refractivity (Wildman–Crippen MR) is 83.7 cm³/mol. The first kappa shape index (κ1) is 15.1. The minimum Gasteiger partial charge on any atom is -0.497 e. The highest BCUT2D eigenvalue weighted by molar-refractivity contribution is 7.92. The first-order valence-corrected chi connectivity index (χ1v) is 8.68. The molecule has 1 N–H and O–H groups in total. The van der Waals surface area contributed by atoms with Gasteiger partial charge in [-0.3, -0.25) is 0 Å². The number of hydrogen-bond donors (Lipinski definition) is 1. The van der Waals surface area contributed by atoms with Crippen molar-refractivity contribution in [2.75, 3.05) is 13.7 Å². The van der Waals surface area contributed by atoms with E-state index in [2.05, 4.69) is 0 Å². The fraction of sp³-hybridized carbons (Fsp3) is 0.294. The van der Waals surface area contributed by atoms with Crippen LogP contribution in [0.4, 0.5) is 0 Å². The molecule has 1 aliphatic rings. The molecule has 0 radical (unpaired) electrons. The molecule has 0 saturated heterocycles. The topological polar surface area (TPSA) is 63.6 Å². The van der Waals surface area contributed by atoms with Crippen LogP contribution >= 0.6 is 0 Å². The third-order valence-corrected chi connectivity index (χ3v) is 6.53. The second-order valence-electron chi connectivity index (χ2n) is 5.47. The normalized spacial score (nSPS) is 24.0. The van der Waals surface area contributed by atoms with Crippen LogP contribution in [0, 0.1) is 5.92 Å². The minimum atomic E-state index is -3.43. The summed E-state index contributed by atoms with van der Waals surface area (Å²) < 4.78 is 30.6. The van der Waals surface area contributed by atoms with Crippen LogP contribution in [0.3, 0.4) is 0 Å². The van der Waals surface area contributed by atoms with Gasteiger partial charge in [0.25, 0.3) is 0 Å². The maximum atomic E-state index is 12.7. The van der Waals surface area contributed by atoms with Gasteiger partial charge in [0.15, 0.2) is 9.84 Å². The van der Waals surface area contributed by atoms with E-state index in [0.717, 1.165) is 11.3 Å². The first-order valence-electron chi connectivity index (χ1n) is 7.13. The van der Waals surface area contributed by atoms with Crippen LogP contribution in [0.1, 0.15) is 11.5 Å². The van der Waals surface area contributed by atoms with E-state index in [1.54, 1.807) is 37.4 Å². The van der Waals surface area contributed by atoms with Crippen LogP contribution in [-0.4, -0.2) is 32.5 Å². The highest BCUT2D eigenvalue weighted by Gasteiger charge is 2.58. The van der Waals surface area contributed by atoms with Crippen LogP contribution in [0.5, 0.6) is 5.75 Å². The molecule has 22 heavy (non-hydrogen) atoms. The Morgan fingerprint density at radius 2 is 1.68 bits per heavy atom. The molecule has 3 rings (SSSR count). The molecular weight excluding hydrogens is 300 g/mol. The third-order valence-electron chi connectivity index (χ3n) is 4.24. The van der Waals surface area contributed by atoms with E-state index in [1.165, 1.54) is 0 Å². The number of sulfone groups is 1. The Morgan fingerprint density at radius 3 is 2.23 bits per heavy atom. The molecule has 0 aliphatic heterocycles. The zero-order valence-electron chi connectivity index (χ0n) is 12.2. The summed E-state index contributed by atoms with van der Waals surface area (Å²) in [5, 5.41) is 8.97. The van der Waals surface area contributed by atoms with Gasteiger partial charge in [-0.25, -0.2) is 8.42 Å². The average Bonchev–Trinajstić information content (AvgIpc) is 3.31. The number of benzene rings is 2. The van der Waals surface area contributed by atoms with E-state index in [-0.39, 0.29) is 18.4 Å². The van der Waals surface area contributed by atoms with E-state index in [4.69, 9.17) is 4.74 Å². The summed E-state index contributed by atoms with van der Waals surface area (Å²) >= 11 is 0. The van der Waals surface area contributed by atoms with E-state index in [0.29, 0.717) is 4.90 Å². The fourth-order valence-corrected chi connectivity index (χ4v) is 5.23. The van der Waals surface area contributed by atoms with Gasteiger partial charge >= 0.3 is 0 Å². The number of methoxy groups -OCH3 is 1. The van der Waals surface area contributed by atoms with Gasteiger partial charge in [0.1, 0.15) is 5.75 Å². The Morgan fingerprint density at radius 1 is 1.05 bits per heavy atom. The van der Waals surface area contributed by atoms with Gasteiger partial charge < -0.3 is 9.84 Å². The Hall–Kier alpha value is -1.85. The number of rotatable bonds is 5. The van der Waals surface area contributed by atoms with Crippen molar-refractivity contribution in [2.24, 2.45) is 5.92 Å². The standard InChI is InChI=1S/C17H18O4S/c1-21-13-9-7-12(8-10-13)16-15(11-18)17(16)22(19,20)14-5-3-2-4-6-14/h2-10,15-18H,11H2,1H3/t15-,16-,17-/m1/s1. The van der Waals surface area contributed by atoms with E-state index < -0.39 is 15.1 Å². The number of aliphatic hydroxyl groups is 1. The zero-order valence-corrected chi connectivity index (χ0v) is 13.0. The summed E-state index contributed by atoms with van der Waals surface area (Å²) in [4.78, 5) is 0.314. The molecule has 2 aromatic rings. The van der Waals surface area contributed by atoms with Crippen LogP contribution in [-0.2, 0) is 9.84 Å². The lowest BCUT2D eigenvalue weighted by Gasteiger charge is -2.05. The van der Waals surface area contributed by atoms with Gasteiger partial charge in [-0.1, -0.05) is 30.3 Å². The van der Waals surface area contributed by atoms with Crippen LogP contribution < -0.4 is 4.74 Å². The molecule has 2 aromatic carbocycles. The maximum absolute atomic E-state index is 12.7. The van der Waals surface area contributed by atoms with Gasteiger partial charge in [0.05, 0.1) is 17.3 Å². The molecule has 4 nitrogen and oxygen atoms in total. The Bertz CT molecular complexity index is 738. The molecule has 0 spiro atoms. The quantitative estimate of drug-likeness (QED) is 0.918. The fourth-order valence-electron chi connectivity index (χ4n) is 3.01.